The van der Waals surface area contributed by atoms with Crippen LogP contribution in [0.2, 0.25) is 0 Å². The molecule has 0 aromatic heterocycles. The number of methoxy groups -OCH3 is 1. The van der Waals surface area contributed by atoms with Gasteiger partial charge in [-0.2, -0.15) is 0 Å². The smallest absolute Gasteiger partial charge is 0.0590 e. The highest BCUT2D eigenvalue weighted by Gasteiger charge is 2.35. The van der Waals surface area contributed by atoms with Crippen molar-refractivity contribution in [1.82, 2.24) is 4.90 Å². The average Bonchev–Trinajstić information content (AvgIpc) is 3.36. The van der Waals surface area contributed by atoms with Crippen molar-refractivity contribution < 1.29 is 4.74 Å². The molecule has 2 N–H and O–H groups in total. The Kier molecular flexibility index (Phi) is 6.22. The molecule has 2 unspecified atom stereocenters. The Morgan fingerprint density at radius 3 is 2.43 bits per heavy atom. The highest BCUT2D eigenvalue weighted by molar-refractivity contribution is 5.25. The third kappa shape index (κ3) is 4.29. The van der Waals surface area contributed by atoms with Gasteiger partial charge in [-0.05, 0) is 43.2 Å². The molecule has 1 aliphatic rings. The maximum Gasteiger partial charge on any atom is 0.0590 e. The lowest BCUT2D eigenvalue weighted by atomic mass is 10.00. The number of rotatable bonds is 9. The normalized spacial score (nSPS) is 18.0. The van der Waals surface area contributed by atoms with Crippen LogP contribution >= 0.6 is 0 Å². The zero-order valence-electron chi connectivity index (χ0n) is 13.7. The number of nitrogens with zero attached hydrogens (tertiary/aromatic N) is 1. The molecular formula is C18H30N2O. The fraction of sp³-hybridized carbons (Fsp3) is 0.667. The van der Waals surface area contributed by atoms with Gasteiger partial charge >= 0.3 is 0 Å². The molecule has 1 saturated carbocycles. The van der Waals surface area contributed by atoms with Crippen molar-refractivity contribution in [1.29, 1.82) is 0 Å². The molecule has 1 aliphatic carbocycles. The predicted octanol–water partition coefficient (Wildman–Crippen LogP) is 3.00. The van der Waals surface area contributed by atoms with Gasteiger partial charge in [0.05, 0.1) is 6.61 Å². The Morgan fingerprint density at radius 1 is 1.29 bits per heavy atom. The van der Waals surface area contributed by atoms with E-state index in [1.807, 2.05) is 0 Å². The number of benzene rings is 1. The fourth-order valence-electron chi connectivity index (χ4n) is 3.13. The minimum absolute atomic E-state index is 0.293. The van der Waals surface area contributed by atoms with Crippen molar-refractivity contribution in [2.24, 2.45) is 11.7 Å². The van der Waals surface area contributed by atoms with E-state index in [0.29, 0.717) is 18.6 Å². The standard InChI is InChI=1S/C18H30N2O/c1-4-15-5-7-17(8-6-15)18(13-19)20(11-12-21-3)14(2)16-9-10-16/h5-8,14,16,18H,4,9-13,19H2,1-3H3. The fourth-order valence-corrected chi connectivity index (χ4v) is 3.13. The maximum absolute atomic E-state index is 6.12. The molecule has 1 fully saturated rings. The van der Waals surface area contributed by atoms with Crippen LogP contribution in [-0.2, 0) is 11.2 Å². The number of ether oxygens (including phenoxy) is 1. The molecule has 0 spiro atoms. The second-order valence-corrected chi connectivity index (χ2v) is 6.16. The second kappa shape index (κ2) is 7.92. The topological polar surface area (TPSA) is 38.5 Å². The van der Waals surface area contributed by atoms with Gasteiger partial charge in [0.15, 0.2) is 0 Å². The monoisotopic (exact) mass is 290 g/mol. The van der Waals surface area contributed by atoms with Crippen LogP contribution < -0.4 is 5.73 Å². The molecule has 2 rings (SSSR count). The lowest BCUT2D eigenvalue weighted by molar-refractivity contribution is 0.0835. The second-order valence-electron chi connectivity index (χ2n) is 6.16. The summed E-state index contributed by atoms with van der Waals surface area (Å²) in [5.41, 5.74) is 8.84. The van der Waals surface area contributed by atoms with E-state index in [1.165, 1.54) is 24.0 Å². The van der Waals surface area contributed by atoms with Gasteiger partial charge < -0.3 is 10.5 Å². The van der Waals surface area contributed by atoms with E-state index in [9.17, 15) is 0 Å². The molecule has 21 heavy (non-hydrogen) atoms. The van der Waals surface area contributed by atoms with Crippen molar-refractivity contribution in [2.45, 2.75) is 45.2 Å². The summed E-state index contributed by atoms with van der Waals surface area (Å²) in [6.07, 6.45) is 3.80. The summed E-state index contributed by atoms with van der Waals surface area (Å²) < 4.78 is 5.31. The van der Waals surface area contributed by atoms with E-state index in [0.717, 1.165) is 25.5 Å². The van der Waals surface area contributed by atoms with Crippen LogP contribution in [0.4, 0.5) is 0 Å². The Balaban J connectivity index is 2.15. The van der Waals surface area contributed by atoms with E-state index in [2.05, 4.69) is 43.0 Å². The van der Waals surface area contributed by atoms with Crippen molar-refractivity contribution in [3.8, 4) is 0 Å². The number of nitrogens with two attached hydrogens (primary N) is 1. The van der Waals surface area contributed by atoms with Crippen LogP contribution in [0, 0.1) is 5.92 Å². The van der Waals surface area contributed by atoms with Gasteiger partial charge in [-0.1, -0.05) is 31.2 Å². The SMILES string of the molecule is CCc1ccc(C(CN)N(CCOC)C(C)C2CC2)cc1. The minimum Gasteiger partial charge on any atom is -0.383 e. The number of hydrogen-bond donors (Lipinski definition) is 1. The first-order valence-corrected chi connectivity index (χ1v) is 8.24. The molecule has 3 heteroatoms. The van der Waals surface area contributed by atoms with Crippen molar-refractivity contribution in [3.05, 3.63) is 35.4 Å². The molecule has 3 nitrogen and oxygen atoms in total. The van der Waals surface area contributed by atoms with Gasteiger partial charge in [-0.3, -0.25) is 4.90 Å². The summed E-state index contributed by atoms with van der Waals surface area (Å²) in [6.45, 7) is 6.91. The van der Waals surface area contributed by atoms with Crippen LogP contribution in [0.3, 0.4) is 0 Å². The summed E-state index contributed by atoms with van der Waals surface area (Å²) in [5, 5.41) is 0. The van der Waals surface area contributed by atoms with Gasteiger partial charge in [0, 0.05) is 32.3 Å². The third-order valence-electron chi connectivity index (χ3n) is 4.78. The maximum atomic E-state index is 6.12. The lowest BCUT2D eigenvalue weighted by Crippen LogP contribution is -2.43. The Bertz CT molecular complexity index is 414. The van der Waals surface area contributed by atoms with Crippen LogP contribution in [0.1, 0.15) is 43.9 Å². The molecule has 0 bridgehead atoms. The molecule has 0 heterocycles. The zero-order chi connectivity index (χ0) is 15.2. The predicted molar refractivity (Wildman–Crippen MR) is 88.4 cm³/mol. The number of hydrogen-bond acceptors (Lipinski definition) is 3. The summed E-state index contributed by atoms with van der Waals surface area (Å²) in [5.74, 6) is 0.839. The molecule has 0 amide bonds. The van der Waals surface area contributed by atoms with Gasteiger partial charge in [0.25, 0.3) is 0 Å². The van der Waals surface area contributed by atoms with E-state index < -0.39 is 0 Å². The van der Waals surface area contributed by atoms with Gasteiger partial charge in [-0.15, -0.1) is 0 Å². The van der Waals surface area contributed by atoms with Gasteiger partial charge in [0.1, 0.15) is 0 Å². The van der Waals surface area contributed by atoms with Crippen molar-refractivity contribution in [2.75, 3.05) is 26.8 Å². The van der Waals surface area contributed by atoms with E-state index >= 15 is 0 Å². The minimum atomic E-state index is 0.293. The highest BCUT2D eigenvalue weighted by atomic mass is 16.5. The zero-order valence-corrected chi connectivity index (χ0v) is 13.7. The van der Waals surface area contributed by atoms with Crippen molar-refractivity contribution in [3.63, 3.8) is 0 Å². The number of aryl methyl sites for hydroxylation is 1. The largest absolute Gasteiger partial charge is 0.383 e. The van der Waals surface area contributed by atoms with Crippen LogP contribution in [0.15, 0.2) is 24.3 Å². The molecule has 118 valence electrons. The molecular weight excluding hydrogens is 260 g/mol. The van der Waals surface area contributed by atoms with Crippen LogP contribution in [0.25, 0.3) is 0 Å². The van der Waals surface area contributed by atoms with Gasteiger partial charge in [0.2, 0.25) is 0 Å². The molecule has 0 radical (unpaired) electrons. The van der Waals surface area contributed by atoms with E-state index in [-0.39, 0.29) is 0 Å². The quantitative estimate of drug-likeness (QED) is 0.760. The lowest BCUT2D eigenvalue weighted by Gasteiger charge is -2.36. The third-order valence-corrected chi connectivity index (χ3v) is 4.78. The molecule has 2 atom stereocenters. The first-order valence-electron chi connectivity index (χ1n) is 8.24. The summed E-state index contributed by atoms with van der Waals surface area (Å²) in [7, 11) is 1.77. The molecule has 0 aliphatic heterocycles. The highest BCUT2D eigenvalue weighted by Crippen LogP contribution is 2.38. The van der Waals surface area contributed by atoms with E-state index in [4.69, 9.17) is 10.5 Å². The summed E-state index contributed by atoms with van der Waals surface area (Å²) in [4.78, 5) is 2.54. The average molecular weight is 290 g/mol. The summed E-state index contributed by atoms with van der Waals surface area (Å²) >= 11 is 0. The summed E-state index contributed by atoms with van der Waals surface area (Å²) in [6, 6.07) is 9.83. The van der Waals surface area contributed by atoms with Gasteiger partial charge in [-0.25, -0.2) is 0 Å². The molecule has 1 aromatic carbocycles. The molecule has 1 aromatic rings. The first-order chi connectivity index (χ1) is 10.2. The Labute approximate surface area is 129 Å². The molecule has 0 saturated heterocycles. The van der Waals surface area contributed by atoms with Crippen LogP contribution in [0.5, 0.6) is 0 Å². The Morgan fingerprint density at radius 2 is 1.95 bits per heavy atom. The van der Waals surface area contributed by atoms with Crippen molar-refractivity contribution >= 4 is 0 Å². The Hall–Kier alpha value is -0.900. The first kappa shape index (κ1) is 16.5. The van der Waals surface area contributed by atoms with E-state index in [1.54, 1.807) is 7.11 Å². The van der Waals surface area contributed by atoms with Crippen LogP contribution in [-0.4, -0.2) is 37.7 Å².